The maximum atomic E-state index is 11.4. The zero-order valence-corrected chi connectivity index (χ0v) is 20.6. The Morgan fingerprint density at radius 2 is 1.78 bits per heavy atom. The maximum Gasteiger partial charge on any atom is 0.481 e. The Labute approximate surface area is 193 Å². The molecule has 0 saturated heterocycles. The van der Waals surface area contributed by atoms with Crippen LogP contribution >= 0.6 is 27.0 Å². The van der Waals surface area contributed by atoms with Crippen molar-refractivity contribution in [2.24, 2.45) is 0 Å². The lowest BCUT2D eigenvalue weighted by Gasteiger charge is -2.11. The fourth-order valence-electron chi connectivity index (χ4n) is 2.08. The number of nitrogens with two attached hydrogens (primary N) is 1. The maximum absolute atomic E-state index is 11.4. The highest BCUT2D eigenvalue weighted by Crippen LogP contribution is 2.57. The van der Waals surface area contributed by atoms with Crippen LogP contribution in [0.2, 0.25) is 0 Å². The highest BCUT2D eigenvalue weighted by Gasteiger charge is 2.32. The number of rotatable bonds is 8. The number of hydrogen-bond acceptors (Lipinski definition) is 10. The normalized spacial score (nSPS) is 13.5. The second-order valence-electron chi connectivity index (χ2n) is 5.76. The lowest BCUT2D eigenvalue weighted by Crippen LogP contribution is -3.00. The first kappa shape index (κ1) is 30.9. The molecule has 0 aliphatic carbocycles. The minimum absolute atomic E-state index is 0. The Balaban J connectivity index is 0.00000144. The monoisotopic (exact) mass is 558 g/mol. The van der Waals surface area contributed by atoms with Crippen LogP contribution in [0.25, 0.3) is 0 Å². The third-order valence-corrected chi connectivity index (χ3v) is 6.64. The van der Waals surface area contributed by atoms with Crippen molar-refractivity contribution in [2.45, 2.75) is 26.8 Å². The minimum Gasteiger partial charge on any atom is -1.00 e. The summed E-state index contributed by atoms with van der Waals surface area (Å²) < 4.78 is 63.8. The molecule has 15 nitrogen and oxygen atoms in total. The van der Waals surface area contributed by atoms with E-state index in [-0.39, 0.29) is 25.4 Å². The molecule has 0 aliphatic heterocycles. The van der Waals surface area contributed by atoms with Crippen molar-refractivity contribution in [1.82, 2.24) is 9.97 Å². The van der Waals surface area contributed by atoms with Crippen LogP contribution in [0.1, 0.15) is 22.0 Å². The first-order valence-electron chi connectivity index (χ1n) is 7.95. The van der Waals surface area contributed by atoms with Crippen molar-refractivity contribution in [3.05, 3.63) is 33.7 Å². The molecule has 0 aromatic carbocycles. The zero-order valence-electron chi connectivity index (χ0n) is 16.5. The standard InChI is InChI=1S/C12H18N4O7P2S.ClH.H2O4S/c1-8-11(3-4-22-25(20,21)23-24(17,18)19)26-7-16(8)6-10-5-14-9(2)15-12(10)13;;1-5(2,3)4/h5,7H,3-4,6H2,1-2H3,(H4-,13,14,15,17,18,19,20,21);1H;(H2,1,2,3,4). The number of anilines is 1. The van der Waals surface area contributed by atoms with Gasteiger partial charge in [0.1, 0.15) is 11.6 Å². The van der Waals surface area contributed by atoms with E-state index in [1.54, 1.807) is 13.1 Å². The zero-order chi connectivity index (χ0) is 24.0. The first-order chi connectivity index (χ1) is 14.0. The molecule has 2 rings (SSSR count). The highest BCUT2D eigenvalue weighted by molar-refractivity contribution is 7.79. The summed E-state index contributed by atoms with van der Waals surface area (Å²) >= 11 is 1.40. The molecule has 1 atom stereocenters. The lowest BCUT2D eigenvalue weighted by atomic mass is 10.2. The summed E-state index contributed by atoms with van der Waals surface area (Å²) in [6, 6.07) is 0. The minimum atomic E-state index is -5.12. The van der Waals surface area contributed by atoms with Gasteiger partial charge in [-0.05, 0) is 6.92 Å². The van der Waals surface area contributed by atoms with Gasteiger partial charge in [0.2, 0.25) is 5.51 Å². The molecule has 0 spiro atoms. The molecule has 0 radical (unpaired) electrons. The second kappa shape index (κ2) is 12.4. The van der Waals surface area contributed by atoms with Crippen LogP contribution in [0.3, 0.4) is 0 Å². The second-order valence-corrected chi connectivity index (χ2v) is 10.4. The van der Waals surface area contributed by atoms with Crippen LogP contribution < -0.4 is 22.7 Å². The van der Waals surface area contributed by atoms with Crippen molar-refractivity contribution in [3.8, 4) is 0 Å². The predicted octanol–water partition coefficient (Wildman–Crippen LogP) is -2.81. The Hall–Kier alpha value is -1.07. The molecule has 184 valence electrons. The summed E-state index contributed by atoms with van der Waals surface area (Å²) in [5.41, 5.74) is 9.40. The first-order valence-corrected chi connectivity index (χ1v) is 13.3. The van der Waals surface area contributed by atoms with Gasteiger partial charge < -0.3 is 32.8 Å². The van der Waals surface area contributed by atoms with Gasteiger partial charge in [-0.25, -0.2) is 19.1 Å². The van der Waals surface area contributed by atoms with E-state index >= 15 is 0 Å². The molecular formula is C12H21ClN4O11P2S2. The Kier molecular flexibility index (Phi) is 12.0. The van der Waals surface area contributed by atoms with Gasteiger partial charge in [0.25, 0.3) is 0 Å². The number of phosphoric ester groups is 1. The van der Waals surface area contributed by atoms with Crippen LogP contribution in [0.15, 0.2) is 11.7 Å². The van der Waals surface area contributed by atoms with Gasteiger partial charge >= 0.3 is 26.0 Å². The van der Waals surface area contributed by atoms with E-state index in [2.05, 4.69) is 18.8 Å². The van der Waals surface area contributed by atoms with Gasteiger partial charge in [-0.3, -0.25) is 13.6 Å². The third-order valence-electron chi connectivity index (χ3n) is 3.31. The number of aryl methyl sites for hydroxylation is 1. The topological polar surface area (TPSA) is 244 Å². The fourth-order valence-corrected chi connectivity index (χ4v) is 4.64. The molecule has 1 unspecified atom stereocenters. The van der Waals surface area contributed by atoms with E-state index in [9.17, 15) is 14.0 Å². The summed E-state index contributed by atoms with van der Waals surface area (Å²) in [7, 11) is -14.6. The number of phosphoric acid groups is 2. The van der Waals surface area contributed by atoms with Crippen molar-refractivity contribution in [1.29, 1.82) is 0 Å². The molecule has 0 bridgehead atoms. The van der Waals surface area contributed by atoms with Crippen LogP contribution in [-0.4, -0.2) is 48.8 Å². The van der Waals surface area contributed by atoms with Crippen LogP contribution in [0.4, 0.5) is 5.82 Å². The quantitative estimate of drug-likeness (QED) is 0.109. The Morgan fingerprint density at radius 3 is 2.28 bits per heavy atom. The Morgan fingerprint density at radius 1 is 1.22 bits per heavy atom. The smallest absolute Gasteiger partial charge is 0.481 e. The van der Waals surface area contributed by atoms with E-state index in [1.165, 1.54) is 11.3 Å². The van der Waals surface area contributed by atoms with Gasteiger partial charge in [-0.2, -0.15) is 17.3 Å². The molecule has 2 heterocycles. The van der Waals surface area contributed by atoms with Gasteiger partial charge in [-0.15, -0.1) is 0 Å². The van der Waals surface area contributed by atoms with Gasteiger partial charge in [0.05, 0.1) is 17.0 Å². The summed E-state index contributed by atoms with van der Waals surface area (Å²) in [6.07, 6.45) is 1.92. The third kappa shape index (κ3) is 12.8. The van der Waals surface area contributed by atoms with Gasteiger partial charge in [0.15, 0.2) is 12.2 Å². The number of halogens is 1. The number of nitrogens with zero attached hydrogens (tertiary/aromatic N) is 3. The van der Waals surface area contributed by atoms with Crippen LogP contribution in [0, 0.1) is 13.8 Å². The molecule has 0 saturated carbocycles. The number of hydrogen-bond donors (Lipinski definition) is 6. The SMILES string of the molecule is Cc1ncc(C[n+]2csc(CCOP(=O)(O)OP(=O)(O)O)c2C)c(N)n1.O=S(=O)(O)O.[Cl-]. The lowest BCUT2D eigenvalue weighted by molar-refractivity contribution is -0.689. The predicted molar refractivity (Wildman–Crippen MR) is 106 cm³/mol. The summed E-state index contributed by atoms with van der Waals surface area (Å²) in [5.74, 6) is 0.985. The van der Waals surface area contributed by atoms with Gasteiger partial charge in [0, 0.05) is 19.5 Å². The van der Waals surface area contributed by atoms with E-state index in [0.717, 1.165) is 16.1 Å². The molecule has 2 aromatic heterocycles. The summed E-state index contributed by atoms with van der Waals surface area (Å²) in [4.78, 5) is 35.4. The molecule has 32 heavy (non-hydrogen) atoms. The summed E-state index contributed by atoms with van der Waals surface area (Å²) in [5, 5.41) is 0. The molecule has 0 aliphatic rings. The molecule has 7 N–H and O–H groups in total. The van der Waals surface area contributed by atoms with Crippen molar-refractivity contribution in [3.63, 3.8) is 0 Å². The number of aromatic nitrogens is 3. The molecule has 2 aromatic rings. The molecule has 0 amide bonds. The Bertz CT molecular complexity index is 1100. The van der Waals surface area contributed by atoms with Crippen molar-refractivity contribution < 1.29 is 67.1 Å². The average molecular weight is 559 g/mol. The highest BCUT2D eigenvalue weighted by atomic mass is 35.5. The average Bonchev–Trinajstić information content (AvgIpc) is 2.87. The van der Waals surface area contributed by atoms with Crippen LogP contribution in [-0.2, 0) is 41.3 Å². The molecular weight excluding hydrogens is 538 g/mol. The van der Waals surface area contributed by atoms with E-state index in [4.69, 9.17) is 33.0 Å². The molecule has 20 heteroatoms. The number of nitrogen functional groups attached to an aromatic ring is 1. The van der Waals surface area contributed by atoms with Crippen molar-refractivity contribution in [2.75, 3.05) is 12.3 Å². The van der Waals surface area contributed by atoms with Gasteiger partial charge in [-0.1, -0.05) is 11.3 Å². The largest absolute Gasteiger partial charge is 1.00 e. The summed E-state index contributed by atoms with van der Waals surface area (Å²) in [6.45, 7) is 3.83. The van der Waals surface area contributed by atoms with E-state index in [1.807, 2.05) is 17.0 Å². The van der Waals surface area contributed by atoms with E-state index in [0.29, 0.717) is 18.2 Å². The van der Waals surface area contributed by atoms with E-state index < -0.39 is 26.0 Å². The van der Waals surface area contributed by atoms with Crippen LogP contribution in [0.5, 0.6) is 0 Å². The number of thiazole rings is 1. The van der Waals surface area contributed by atoms with Crippen molar-refractivity contribution >= 4 is 43.2 Å². The fraction of sp³-hybridized carbons (Fsp3) is 0.417. The molecule has 0 fully saturated rings.